The van der Waals surface area contributed by atoms with Gasteiger partial charge in [-0.15, -0.1) is 0 Å². The molecule has 0 bridgehead atoms. The Hall–Kier alpha value is -0.935. The van der Waals surface area contributed by atoms with E-state index in [-0.39, 0.29) is 0 Å². The van der Waals surface area contributed by atoms with Gasteiger partial charge < -0.3 is 10.0 Å². The highest BCUT2D eigenvalue weighted by molar-refractivity contribution is 6.59. The van der Waals surface area contributed by atoms with Crippen molar-refractivity contribution in [1.82, 2.24) is 10.2 Å². The molecule has 0 aliphatic carbocycles. The van der Waals surface area contributed by atoms with Crippen molar-refractivity contribution in [3.63, 3.8) is 0 Å². The monoisotopic (exact) mass is 138 g/mol. The smallest absolute Gasteiger partial charge is 0.423 e. The zero-order chi connectivity index (χ0) is 7.56. The van der Waals surface area contributed by atoms with E-state index in [1.165, 1.54) is 12.4 Å². The molecule has 0 amide bonds. The summed E-state index contributed by atoms with van der Waals surface area (Å²) in [5.41, 5.74) is 1.13. The Kier molecular flexibility index (Phi) is 1.98. The van der Waals surface area contributed by atoms with Crippen LogP contribution in [-0.4, -0.2) is 27.4 Å². The number of aryl methyl sites for hydroxylation is 1. The molecule has 0 atom stereocenters. The summed E-state index contributed by atoms with van der Waals surface area (Å²) in [4.78, 5) is 0. The molecule has 1 aromatic rings. The lowest BCUT2D eigenvalue weighted by molar-refractivity contribution is 0.425. The zero-order valence-corrected chi connectivity index (χ0v) is 5.52. The lowest BCUT2D eigenvalue weighted by Crippen LogP contribution is -2.32. The maximum atomic E-state index is 8.69. The Balaban J connectivity index is 3.03. The number of hydrogen-bond donors (Lipinski definition) is 2. The van der Waals surface area contributed by atoms with E-state index in [1.807, 2.05) is 0 Å². The molecule has 52 valence electrons. The molecule has 10 heavy (non-hydrogen) atoms. The Labute approximate surface area is 58.7 Å². The first-order valence-electron chi connectivity index (χ1n) is 2.85. The van der Waals surface area contributed by atoms with Crippen LogP contribution in [0.25, 0.3) is 0 Å². The van der Waals surface area contributed by atoms with E-state index in [0.717, 1.165) is 5.56 Å². The van der Waals surface area contributed by atoms with Crippen LogP contribution in [-0.2, 0) is 0 Å². The summed E-state index contributed by atoms with van der Waals surface area (Å²) in [6, 6.07) is 0. The first kappa shape index (κ1) is 7.18. The number of hydrogen-bond acceptors (Lipinski definition) is 4. The maximum absolute atomic E-state index is 8.69. The van der Waals surface area contributed by atoms with Crippen molar-refractivity contribution in [2.45, 2.75) is 6.92 Å². The Morgan fingerprint density at radius 2 is 1.90 bits per heavy atom. The summed E-state index contributed by atoms with van der Waals surface area (Å²) in [7, 11) is -1.45. The summed E-state index contributed by atoms with van der Waals surface area (Å²) >= 11 is 0. The minimum Gasteiger partial charge on any atom is -0.423 e. The molecular formula is C5H7BN2O2. The number of rotatable bonds is 1. The van der Waals surface area contributed by atoms with E-state index in [9.17, 15) is 0 Å². The van der Waals surface area contributed by atoms with Crippen LogP contribution in [0.4, 0.5) is 0 Å². The first-order chi connectivity index (χ1) is 4.72. The average Bonchev–Trinajstić information content (AvgIpc) is 1.88. The van der Waals surface area contributed by atoms with Gasteiger partial charge in [0, 0.05) is 11.7 Å². The van der Waals surface area contributed by atoms with Gasteiger partial charge in [0.1, 0.15) is 0 Å². The molecule has 0 aromatic carbocycles. The van der Waals surface area contributed by atoms with Gasteiger partial charge in [-0.2, -0.15) is 10.2 Å². The topological polar surface area (TPSA) is 66.2 Å². The van der Waals surface area contributed by atoms with E-state index >= 15 is 0 Å². The van der Waals surface area contributed by atoms with Crippen molar-refractivity contribution in [3.8, 4) is 0 Å². The van der Waals surface area contributed by atoms with E-state index in [1.54, 1.807) is 6.92 Å². The SMILES string of the molecule is Cc1cnncc1B(O)O. The van der Waals surface area contributed by atoms with Crippen molar-refractivity contribution in [1.29, 1.82) is 0 Å². The largest absolute Gasteiger partial charge is 0.490 e. The van der Waals surface area contributed by atoms with Crippen LogP contribution < -0.4 is 5.46 Å². The van der Waals surface area contributed by atoms with Crippen molar-refractivity contribution < 1.29 is 10.0 Å². The van der Waals surface area contributed by atoms with Gasteiger partial charge >= 0.3 is 7.12 Å². The molecule has 4 nitrogen and oxygen atoms in total. The Bertz CT molecular complexity index is 229. The molecule has 0 saturated carbocycles. The molecule has 1 aromatic heterocycles. The second kappa shape index (κ2) is 2.77. The third-order valence-electron chi connectivity index (χ3n) is 1.25. The van der Waals surface area contributed by atoms with Crippen molar-refractivity contribution in [2.24, 2.45) is 0 Å². The molecule has 0 saturated heterocycles. The van der Waals surface area contributed by atoms with Crippen LogP contribution in [0.1, 0.15) is 5.56 Å². The molecule has 0 unspecified atom stereocenters. The summed E-state index contributed by atoms with van der Waals surface area (Å²) < 4.78 is 0. The molecule has 1 heterocycles. The van der Waals surface area contributed by atoms with Crippen LogP contribution >= 0.6 is 0 Å². The van der Waals surface area contributed by atoms with E-state index in [0.29, 0.717) is 5.46 Å². The van der Waals surface area contributed by atoms with E-state index in [4.69, 9.17) is 10.0 Å². The van der Waals surface area contributed by atoms with Gasteiger partial charge in [0.15, 0.2) is 0 Å². The summed E-state index contributed by atoms with van der Waals surface area (Å²) in [6.45, 7) is 1.74. The van der Waals surface area contributed by atoms with Gasteiger partial charge in [0.25, 0.3) is 0 Å². The molecule has 0 fully saturated rings. The standard InChI is InChI=1S/C5H7BN2O2/c1-4-2-7-8-3-5(4)6(9)10/h2-3,9-10H,1H3. The predicted molar refractivity (Wildman–Crippen MR) is 36.6 cm³/mol. The minimum atomic E-state index is -1.45. The predicted octanol–water partition coefficient (Wildman–Crippen LogP) is -1.54. The zero-order valence-electron chi connectivity index (χ0n) is 5.52. The molecule has 1 rings (SSSR count). The van der Waals surface area contributed by atoms with E-state index < -0.39 is 7.12 Å². The van der Waals surface area contributed by atoms with Crippen LogP contribution in [0.3, 0.4) is 0 Å². The fourth-order valence-electron chi connectivity index (χ4n) is 0.662. The second-order valence-electron chi connectivity index (χ2n) is 2.00. The molecule has 5 heteroatoms. The van der Waals surface area contributed by atoms with Crippen LogP contribution in [0.2, 0.25) is 0 Å². The van der Waals surface area contributed by atoms with Gasteiger partial charge in [-0.3, -0.25) is 0 Å². The fourth-order valence-corrected chi connectivity index (χ4v) is 0.662. The van der Waals surface area contributed by atoms with Crippen LogP contribution in [0.15, 0.2) is 12.4 Å². The first-order valence-corrected chi connectivity index (χ1v) is 2.85. The molecule has 0 spiro atoms. The lowest BCUT2D eigenvalue weighted by atomic mass is 9.79. The molecule has 2 N–H and O–H groups in total. The second-order valence-corrected chi connectivity index (χ2v) is 2.00. The molecule has 0 aliphatic heterocycles. The molecule has 0 aliphatic rings. The minimum absolute atomic E-state index is 0.398. The molecular weight excluding hydrogens is 131 g/mol. The summed E-state index contributed by atoms with van der Waals surface area (Å²) in [5.74, 6) is 0. The summed E-state index contributed by atoms with van der Waals surface area (Å²) in [5, 5.41) is 24.4. The number of aromatic nitrogens is 2. The quantitative estimate of drug-likeness (QED) is 0.461. The maximum Gasteiger partial charge on any atom is 0.490 e. The van der Waals surface area contributed by atoms with Gasteiger partial charge in [-0.25, -0.2) is 0 Å². The van der Waals surface area contributed by atoms with Crippen molar-refractivity contribution in [3.05, 3.63) is 18.0 Å². The van der Waals surface area contributed by atoms with Crippen LogP contribution in [0, 0.1) is 6.92 Å². The highest BCUT2D eigenvalue weighted by Crippen LogP contribution is 1.86. The van der Waals surface area contributed by atoms with Crippen molar-refractivity contribution in [2.75, 3.05) is 0 Å². The highest BCUT2D eigenvalue weighted by atomic mass is 16.4. The molecule has 0 radical (unpaired) electrons. The Morgan fingerprint density at radius 1 is 1.30 bits per heavy atom. The van der Waals surface area contributed by atoms with Gasteiger partial charge in [0.2, 0.25) is 0 Å². The average molecular weight is 138 g/mol. The lowest BCUT2D eigenvalue weighted by Gasteiger charge is -1.99. The highest BCUT2D eigenvalue weighted by Gasteiger charge is 2.13. The van der Waals surface area contributed by atoms with Crippen LogP contribution in [0.5, 0.6) is 0 Å². The summed E-state index contributed by atoms with van der Waals surface area (Å²) in [6.07, 6.45) is 2.81. The van der Waals surface area contributed by atoms with Crippen molar-refractivity contribution >= 4 is 12.6 Å². The Morgan fingerprint density at radius 3 is 2.30 bits per heavy atom. The fraction of sp³-hybridized carbons (Fsp3) is 0.200. The normalized spacial score (nSPS) is 9.50. The van der Waals surface area contributed by atoms with Gasteiger partial charge in [-0.05, 0) is 12.5 Å². The third-order valence-corrected chi connectivity index (χ3v) is 1.25. The number of nitrogens with zero attached hydrogens (tertiary/aromatic N) is 2. The third kappa shape index (κ3) is 1.31. The van der Waals surface area contributed by atoms with Gasteiger partial charge in [0.05, 0.1) is 6.20 Å². The van der Waals surface area contributed by atoms with E-state index in [2.05, 4.69) is 10.2 Å². The van der Waals surface area contributed by atoms with Gasteiger partial charge in [-0.1, -0.05) is 0 Å².